The van der Waals surface area contributed by atoms with Gasteiger partial charge in [-0.2, -0.15) is 0 Å². The van der Waals surface area contributed by atoms with Gasteiger partial charge in [0.25, 0.3) is 0 Å². The Morgan fingerprint density at radius 3 is 1.63 bits per heavy atom. The van der Waals surface area contributed by atoms with E-state index in [1.165, 1.54) is 0 Å². The van der Waals surface area contributed by atoms with Crippen LogP contribution in [0.15, 0.2) is 0 Å². The normalized spacial score (nSPS) is 31.4. The molecule has 0 bridgehead atoms. The summed E-state index contributed by atoms with van der Waals surface area (Å²) in [5.74, 6) is 0. The molecule has 3 saturated heterocycles. The van der Waals surface area contributed by atoms with E-state index in [0.717, 1.165) is 26.4 Å². The Hall–Kier alpha value is -0.280. The predicted molar refractivity (Wildman–Crippen MR) is 63.8 cm³/mol. The van der Waals surface area contributed by atoms with Crippen LogP contribution in [0.2, 0.25) is 0 Å². The molecule has 0 aliphatic carbocycles. The van der Waals surface area contributed by atoms with E-state index in [-0.39, 0.29) is 6.10 Å². The van der Waals surface area contributed by atoms with Crippen LogP contribution in [0.4, 0.5) is 0 Å². The molecule has 3 aliphatic heterocycles. The van der Waals surface area contributed by atoms with Crippen LogP contribution in [0.1, 0.15) is 6.42 Å². The molecular weight excluding hydrogens is 256 g/mol. The van der Waals surface area contributed by atoms with E-state index in [1.807, 2.05) is 0 Å². The molecule has 3 atom stereocenters. The second-order valence-corrected chi connectivity index (χ2v) is 5.15. The highest BCUT2D eigenvalue weighted by molar-refractivity contribution is 4.84. The molecule has 3 unspecified atom stereocenters. The molecule has 3 aliphatic rings. The van der Waals surface area contributed by atoms with Crippen molar-refractivity contribution in [3.8, 4) is 0 Å². The molecule has 0 spiro atoms. The van der Waals surface area contributed by atoms with Crippen LogP contribution in [0.3, 0.4) is 0 Å². The summed E-state index contributed by atoms with van der Waals surface area (Å²) in [6.07, 6.45) is 1.14. The SMILES string of the molecule is C(OCC1CO1)C1CO1.OCC(O)(CO)CC1CO1. The Balaban J connectivity index is 0.000000141. The van der Waals surface area contributed by atoms with Crippen LogP contribution in [0.5, 0.6) is 0 Å². The molecule has 7 heteroatoms. The van der Waals surface area contributed by atoms with Crippen LogP contribution in [-0.2, 0) is 18.9 Å². The van der Waals surface area contributed by atoms with Gasteiger partial charge in [0.1, 0.15) is 17.8 Å². The van der Waals surface area contributed by atoms with Crippen LogP contribution in [0, 0.1) is 0 Å². The molecule has 0 amide bonds. The highest BCUT2D eigenvalue weighted by Gasteiger charge is 2.35. The van der Waals surface area contributed by atoms with Gasteiger partial charge in [-0.1, -0.05) is 0 Å². The number of hydrogen-bond donors (Lipinski definition) is 3. The maximum atomic E-state index is 9.26. The third kappa shape index (κ3) is 6.62. The van der Waals surface area contributed by atoms with Crippen molar-refractivity contribution in [2.24, 2.45) is 0 Å². The topological polar surface area (TPSA) is 108 Å². The number of hydrogen-bond acceptors (Lipinski definition) is 7. The van der Waals surface area contributed by atoms with Gasteiger partial charge in [-0.05, 0) is 0 Å². The summed E-state index contributed by atoms with van der Waals surface area (Å²) >= 11 is 0. The summed E-state index contributed by atoms with van der Waals surface area (Å²) in [5, 5.41) is 26.5. The molecule has 0 radical (unpaired) electrons. The predicted octanol–water partition coefficient (Wildman–Crippen LogP) is -1.71. The molecule has 0 saturated carbocycles. The maximum absolute atomic E-state index is 9.26. The first-order valence-corrected chi connectivity index (χ1v) is 6.52. The molecule has 3 N–H and O–H groups in total. The monoisotopic (exact) mass is 278 g/mol. The standard InChI is InChI=1S/C6H12O4.C6H10O3/c7-3-6(9,4-8)1-5-2-10-5;1(5-3-8-5)7-2-6-4-9-6/h5,7-9H,1-4H2;5-6H,1-4H2. The van der Waals surface area contributed by atoms with E-state index in [4.69, 9.17) is 29.2 Å². The largest absolute Gasteiger partial charge is 0.393 e. The minimum absolute atomic E-state index is 0.0318. The summed E-state index contributed by atoms with van der Waals surface area (Å²) in [7, 11) is 0. The van der Waals surface area contributed by atoms with Gasteiger partial charge in [-0.3, -0.25) is 0 Å². The lowest BCUT2D eigenvalue weighted by atomic mass is 10.0. The number of rotatable bonds is 8. The molecule has 19 heavy (non-hydrogen) atoms. The van der Waals surface area contributed by atoms with Crippen molar-refractivity contribution in [2.45, 2.75) is 30.3 Å². The fourth-order valence-corrected chi connectivity index (χ4v) is 1.45. The molecule has 3 fully saturated rings. The van der Waals surface area contributed by atoms with Gasteiger partial charge in [-0.25, -0.2) is 0 Å². The minimum Gasteiger partial charge on any atom is -0.393 e. The number of ether oxygens (including phenoxy) is 4. The minimum atomic E-state index is -1.35. The van der Waals surface area contributed by atoms with Crippen molar-refractivity contribution >= 4 is 0 Å². The van der Waals surface area contributed by atoms with Gasteiger partial charge in [0.05, 0.1) is 52.4 Å². The second-order valence-electron chi connectivity index (χ2n) is 5.15. The van der Waals surface area contributed by atoms with Gasteiger partial charge in [0.2, 0.25) is 0 Å². The summed E-state index contributed by atoms with van der Waals surface area (Å²) in [6.45, 7) is 3.06. The van der Waals surface area contributed by atoms with Gasteiger partial charge >= 0.3 is 0 Å². The summed E-state index contributed by atoms with van der Waals surface area (Å²) < 4.78 is 19.9. The van der Waals surface area contributed by atoms with E-state index >= 15 is 0 Å². The summed E-state index contributed by atoms with van der Waals surface area (Å²) in [6, 6.07) is 0. The van der Waals surface area contributed by atoms with Gasteiger partial charge < -0.3 is 34.3 Å². The Labute approximate surface area is 112 Å². The van der Waals surface area contributed by atoms with Gasteiger partial charge in [0.15, 0.2) is 0 Å². The van der Waals surface area contributed by atoms with E-state index in [9.17, 15) is 5.11 Å². The lowest BCUT2D eigenvalue weighted by Crippen LogP contribution is -2.38. The first kappa shape index (κ1) is 15.1. The van der Waals surface area contributed by atoms with Crippen molar-refractivity contribution in [3.63, 3.8) is 0 Å². The molecule has 0 aromatic heterocycles. The summed E-state index contributed by atoms with van der Waals surface area (Å²) in [5.41, 5.74) is -1.35. The Bertz CT molecular complexity index is 245. The highest BCUT2D eigenvalue weighted by atomic mass is 16.6. The average molecular weight is 278 g/mol. The Morgan fingerprint density at radius 2 is 1.32 bits per heavy atom. The number of aliphatic hydroxyl groups is 3. The Kier molecular flexibility index (Phi) is 5.52. The zero-order valence-electron chi connectivity index (χ0n) is 10.9. The van der Waals surface area contributed by atoms with Crippen molar-refractivity contribution in [3.05, 3.63) is 0 Å². The quantitative estimate of drug-likeness (QED) is 0.454. The molecule has 7 nitrogen and oxygen atoms in total. The van der Waals surface area contributed by atoms with E-state index in [1.54, 1.807) is 0 Å². The zero-order valence-corrected chi connectivity index (χ0v) is 10.9. The van der Waals surface area contributed by atoms with Crippen LogP contribution >= 0.6 is 0 Å². The maximum Gasteiger partial charge on any atom is 0.113 e. The molecule has 0 aromatic rings. The lowest BCUT2D eigenvalue weighted by molar-refractivity contribution is -0.0640. The molecule has 3 rings (SSSR count). The van der Waals surface area contributed by atoms with Gasteiger partial charge in [0, 0.05) is 6.42 Å². The van der Waals surface area contributed by atoms with Crippen LogP contribution < -0.4 is 0 Å². The fourth-order valence-electron chi connectivity index (χ4n) is 1.45. The van der Waals surface area contributed by atoms with Crippen molar-refractivity contribution < 1.29 is 34.3 Å². The smallest absolute Gasteiger partial charge is 0.113 e. The van der Waals surface area contributed by atoms with Crippen molar-refractivity contribution in [1.82, 2.24) is 0 Å². The van der Waals surface area contributed by atoms with Crippen LogP contribution in [-0.4, -0.2) is 85.5 Å². The number of aliphatic hydroxyl groups excluding tert-OH is 2. The first-order valence-electron chi connectivity index (χ1n) is 6.52. The van der Waals surface area contributed by atoms with E-state index in [2.05, 4.69) is 0 Å². The van der Waals surface area contributed by atoms with Crippen molar-refractivity contribution in [2.75, 3.05) is 46.2 Å². The molecule has 3 heterocycles. The molecule has 112 valence electrons. The van der Waals surface area contributed by atoms with Crippen molar-refractivity contribution in [1.29, 1.82) is 0 Å². The lowest BCUT2D eigenvalue weighted by Gasteiger charge is -2.21. The zero-order chi connectivity index (χ0) is 13.7. The molecular formula is C12H22O7. The average Bonchev–Trinajstić information content (AvgIpc) is 3.27. The Morgan fingerprint density at radius 1 is 0.895 bits per heavy atom. The summed E-state index contributed by atoms with van der Waals surface area (Å²) in [4.78, 5) is 0. The second kappa shape index (κ2) is 6.94. The third-order valence-electron chi connectivity index (χ3n) is 3.01. The van der Waals surface area contributed by atoms with Crippen LogP contribution in [0.25, 0.3) is 0 Å². The number of epoxide rings is 3. The van der Waals surface area contributed by atoms with Gasteiger partial charge in [-0.15, -0.1) is 0 Å². The fraction of sp³-hybridized carbons (Fsp3) is 1.00. The van der Waals surface area contributed by atoms with E-state index < -0.39 is 18.8 Å². The molecule has 0 aromatic carbocycles. The van der Waals surface area contributed by atoms with E-state index in [0.29, 0.717) is 25.2 Å². The highest BCUT2D eigenvalue weighted by Crippen LogP contribution is 2.21. The first-order chi connectivity index (χ1) is 9.15. The third-order valence-corrected chi connectivity index (χ3v) is 3.01.